The molecule has 1 fully saturated rings. The highest BCUT2D eigenvalue weighted by Crippen LogP contribution is 2.35. The first kappa shape index (κ1) is 8.29. The molecule has 0 radical (unpaired) electrons. The molecule has 1 heterocycles. The van der Waals surface area contributed by atoms with Crippen molar-refractivity contribution in [2.75, 3.05) is 6.61 Å². The predicted octanol–water partition coefficient (Wildman–Crippen LogP) is 0.436. The van der Waals surface area contributed by atoms with Crippen LogP contribution >= 0.6 is 0 Å². The Morgan fingerprint density at radius 3 is 3.08 bits per heavy atom. The van der Waals surface area contributed by atoms with Gasteiger partial charge >= 0.3 is 11.9 Å². The number of carbonyl (C=O) groups excluding carboxylic acids is 1. The van der Waals surface area contributed by atoms with E-state index >= 15 is 0 Å². The molecule has 3 atom stereocenters. The molecule has 0 aromatic carbocycles. The zero-order valence-electron chi connectivity index (χ0n) is 6.97. The molecule has 0 spiro atoms. The molecule has 0 amide bonds. The molecule has 0 saturated carbocycles. The van der Waals surface area contributed by atoms with Crippen LogP contribution in [-0.2, 0) is 14.3 Å². The minimum atomic E-state index is -0.904. The van der Waals surface area contributed by atoms with Gasteiger partial charge in [-0.25, -0.2) is 0 Å². The molecule has 1 saturated heterocycles. The van der Waals surface area contributed by atoms with Gasteiger partial charge in [0.05, 0.1) is 18.4 Å². The second-order valence-electron chi connectivity index (χ2n) is 3.43. The van der Waals surface area contributed by atoms with E-state index in [1.807, 2.05) is 12.2 Å². The van der Waals surface area contributed by atoms with E-state index in [4.69, 9.17) is 9.84 Å². The molecule has 1 aliphatic carbocycles. The number of hydrogen-bond acceptors (Lipinski definition) is 3. The zero-order valence-corrected chi connectivity index (χ0v) is 6.97. The minimum absolute atomic E-state index is 0.0256. The van der Waals surface area contributed by atoms with Crippen molar-refractivity contribution in [2.24, 2.45) is 17.8 Å². The molecule has 0 aromatic heterocycles. The lowest BCUT2D eigenvalue weighted by Gasteiger charge is -2.22. The van der Waals surface area contributed by atoms with Gasteiger partial charge in [0.1, 0.15) is 0 Å². The van der Waals surface area contributed by atoms with Gasteiger partial charge in [-0.15, -0.1) is 0 Å². The Kier molecular flexibility index (Phi) is 1.83. The van der Waals surface area contributed by atoms with Crippen LogP contribution in [-0.4, -0.2) is 23.7 Å². The van der Waals surface area contributed by atoms with Crippen molar-refractivity contribution in [1.82, 2.24) is 0 Å². The Morgan fingerprint density at radius 2 is 2.38 bits per heavy atom. The second-order valence-corrected chi connectivity index (χ2v) is 3.43. The van der Waals surface area contributed by atoms with E-state index in [0.29, 0.717) is 13.0 Å². The molecular weight excluding hydrogens is 172 g/mol. The first-order valence-corrected chi connectivity index (χ1v) is 4.26. The fourth-order valence-electron chi connectivity index (χ4n) is 1.99. The van der Waals surface area contributed by atoms with Crippen LogP contribution in [0.15, 0.2) is 12.2 Å². The van der Waals surface area contributed by atoms with E-state index in [1.165, 1.54) is 0 Å². The SMILES string of the molecule is O=C1OC[C@H]2C=CC[C@H](C(=O)O)[C@H]12. The maximum atomic E-state index is 11.2. The third kappa shape index (κ3) is 1.22. The molecule has 70 valence electrons. The molecule has 4 nitrogen and oxygen atoms in total. The van der Waals surface area contributed by atoms with Crippen LogP contribution < -0.4 is 0 Å². The number of aliphatic carboxylic acids is 1. The quantitative estimate of drug-likeness (QED) is 0.472. The van der Waals surface area contributed by atoms with E-state index in [2.05, 4.69) is 0 Å². The van der Waals surface area contributed by atoms with Gasteiger partial charge in [-0.1, -0.05) is 12.2 Å². The van der Waals surface area contributed by atoms with Gasteiger partial charge in [-0.2, -0.15) is 0 Å². The van der Waals surface area contributed by atoms with Crippen LogP contribution in [0.1, 0.15) is 6.42 Å². The highest BCUT2D eigenvalue weighted by molar-refractivity contribution is 5.83. The summed E-state index contributed by atoms with van der Waals surface area (Å²) in [5.74, 6) is -2.34. The van der Waals surface area contributed by atoms with Gasteiger partial charge in [0.25, 0.3) is 0 Å². The zero-order chi connectivity index (χ0) is 9.42. The summed E-state index contributed by atoms with van der Waals surface area (Å²) < 4.78 is 4.83. The lowest BCUT2D eigenvalue weighted by molar-refractivity contribution is -0.151. The molecule has 1 N–H and O–H groups in total. The summed E-state index contributed by atoms with van der Waals surface area (Å²) in [5, 5.41) is 8.86. The van der Waals surface area contributed by atoms with Crippen molar-refractivity contribution < 1.29 is 19.4 Å². The first-order chi connectivity index (χ1) is 6.20. The van der Waals surface area contributed by atoms with E-state index in [9.17, 15) is 9.59 Å². The normalized spacial score (nSPS) is 36.9. The third-order valence-electron chi connectivity index (χ3n) is 2.68. The molecule has 2 rings (SSSR count). The number of allylic oxidation sites excluding steroid dienone is 1. The van der Waals surface area contributed by atoms with Gasteiger partial charge in [0, 0.05) is 5.92 Å². The maximum Gasteiger partial charge on any atom is 0.310 e. The number of rotatable bonds is 1. The van der Waals surface area contributed by atoms with Crippen molar-refractivity contribution in [1.29, 1.82) is 0 Å². The Hall–Kier alpha value is -1.32. The number of carboxylic acids is 1. The number of carbonyl (C=O) groups is 2. The Bertz CT molecular complexity index is 281. The number of esters is 1. The van der Waals surface area contributed by atoms with Crippen LogP contribution in [0.4, 0.5) is 0 Å². The average Bonchev–Trinajstić information content (AvgIpc) is 2.48. The number of cyclic esters (lactones) is 1. The predicted molar refractivity (Wildman–Crippen MR) is 42.8 cm³/mol. The fourth-order valence-corrected chi connectivity index (χ4v) is 1.99. The summed E-state index contributed by atoms with van der Waals surface area (Å²) in [6.45, 7) is 0.337. The van der Waals surface area contributed by atoms with Crippen molar-refractivity contribution in [3.63, 3.8) is 0 Å². The molecular formula is C9H10O4. The number of hydrogen-bond donors (Lipinski definition) is 1. The van der Waals surface area contributed by atoms with E-state index in [0.717, 1.165) is 0 Å². The van der Waals surface area contributed by atoms with Crippen molar-refractivity contribution in [3.8, 4) is 0 Å². The van der Waals surface area contributed by atoms with Crippen molar-refractivity contribution in [3.05, 3.63) is 12.2 Å². The largest absolute Gasteiger partial charge is 0.481 e. The standard InChI is InChI=1S/C9H10O4/c10-8(11)6-3-1-2-5-4-13-9(12)7(5)6/h1-2,5-7H,3-4H2,(H,10,11)/t5-,6+,7-/m1/s1. The van der Waals surface area contributed by atoms with Crippen LogP contribution in [0.2, 0.25) is 0 Å². The van der Waals surface area contributed by atoms with Crippen LogP contribution in [0.25, 0.3) is 0 Å². The van der Waals surface area contributed by atoms with Gasteiger partial charge in [0.15, 0.2) is 0 Å². The Labute approximate surface area is 75.2 Å². The van der Waals surface area contributed by atoms with E-state index in [-0.39, 0.29) is 11.9 Å². The lowest BCUT2D eigenvalue weighted by Crippen LogP contribution is -2.32. The first-order valence-electron chi connectivity index (χ1n) is 4.26. The van der Waals surface area contributed by atoms with Gasteiger partial charge < -0.3 is 9.84 Å². The van der Waals surface area contributed by atoms with E-state index in [1.54, 1.807) is 0 Å². The fraction of sp³-hybridized carbons (Fsp3) is 0.556. The monoisotopic (exact) mass is 182 g/mol. The number of carboxylic acid groups (broad SMARTS) is 1. The molecule has 1 aliphatic heterocycles. The summed E-state index contributed by atoms with van der Waals surface area (Å²) in [7, 11) is 0. The molecule has 0 bridgehead atoms. The number of ether oxygens (including phenoxy) is 1. The summed E-state index contributed by atoms with van der Waals surface area (Å²) in [5.41, 5.74) is 0. The molecule has 0 aromatic rings. The van der Waals surface area contributed by atoms with Gasteiger partial charge in [-0.05, 0) is 6.42 Å². The van der Waals surface area contributed by atoms with Crippen LogP contribution in [0, 0.1) is 17.8 Å². The third-order valence-corrected chi connectivity index (χ3v) is 2.68. The lowest BCUT2D eigenvalue weighted by atomic mass is 9.77. The molecule has 0 unspecified atom stereocenters. The molecule has 13 heavy (non-hydrogen) atoms. The van der Waals surface area contributed by atoms with Gasteiger partial charge in [-0.3, -0.25) is 9.59 Å². The number of fused-ring (bicyclic) bond motifs is 1. The van der Waals surface area contributed by atoms with Crippen molar-refractivity contribution in [2.45, 2.75) is 6.42 Å². The highest BCUT2D eigenvalue weighted by Gasteiger charge is 2.45. The summed E-state index contributed by atoms with van der Waals surface area (Å²) in [4.78, 5) is 22.0. The highest BCUT2D eigenvalue weighted by atomic mass is 16.5. The average molecular weight is 182 g/mol. The topological polar surface area (TPSA) is 63.6 Å². The second kappa shape index (κ2) is 2.87. The van der Waals surface area contributed by atoms with Crippen LogP contribution in [0.5, 0.6) is 0 Å². The molecule has 4 heteroatoms. The maximum absolute atomic E-state index is 11.2. The van der Waals surface area contributed by atoms with Crippen LogP contribution in [0.3, 0.4) is 0 Å². The summed E-state index contributed by atoms with van der Waals surface area (Å²) >= 11 is 0. The smallest absolute Gasteiger partial charge is 0.310 e. The van der Waals surface area contributed by atoms with Crippen molar-refractivity contribution >= 4 is 11.9 Å². The minimum Gasteiger partial charge on any atom is -0.481 e. The van der Waals surface area contributed by atoms with E-state index < -0.39 is 17.8 Å². The Morgan fingerprint density at radius 1 is 1.62 bits per heavy atom. The molecule has 2 aliphatic rings. The van der Waals surface area contributed by atoms with Gasteiger partial charge in [0.2, 0.25) is 0 Å². The Balaban J connectivity index is 2.27. The summed E-state index contributed by atoms with van der Waals surface area (Å²) in [6, 6.07) is 0. The summed E-state index contributed by atoms with van der Waals surface area (Å²) in [6.07, 6.45) is 4.14.